The first-order valence-electron chi connectivity index (χ1n) is 9.33. The fraction of sp³-hybridized carbons (Fsp3) is 0.273. The summed E-state index contributed by atoms with van der Waals surface area (Å²) in [5, 5.41) is 0. The van der Waals surface area contributed by atoms with E-state index in [0.29, 0.717) is 24.5 Å². The average molecular weight is 380 g/mol. The molecule has 0 saturated carbocycles. The Balaban J connectivity index is 1.34. The molecule has 2 amide bonds. The number of carbonyl (C=O) groups excluding carboxylic acids is 2. The summed E-state index contributed by atoms with van der Waals surface area (Å²) in [6.07, 6.45) is 6.48. The van der Waals surface area contributed by atoms with E-state index in [0.717, 1.165) is 18.4 Å². The van der Waals surface area contributed by atoms with Gasteiger partial charge in [-0.25, -0.2) is 0 Å². The van der Waals surface area contributed by atoms with Gasteiger partial charge in [0.2, 0.25) is 5.91 Å². The monoisotopic (exact) mass is 380 g/mol. The molecule has 6 heteroatoms. The van der Waals surface area contributed by atoms with Gasteiger partial charge in [-0.2, -0.15) is 0 Å². The fourth-order valence-corrected chi connectivity index (χ4v) is 2.85. The van der Waals surface area contributed by atoms with E-state index in [9.17, 15) is 9.59 Å². The summed E-state index contributed by atoms with van der Waals surface area (Å²) >= 11 is 0. The van der Waals surface area contributed by atoms with E-state index in [2.05, 4.69) is 16.9 Å². The Morgan fingerprint density at radius 3 is 2.25 bits per heavy atom. The van der Waals surface area contributed by atoms with Crippen LogP contribution in [0.3, 0.4) is 0 Å². The van der Waals surface area contributed by atoms with Crippen LogP contribution in [0.2, 0.25) is 0 Å². The van der Waals surface area contributed by atoms with Crippen LogP contribution >= 0.6 is 0 Å². The second-order valence-electron chi connectivity index (χ2n) is 6.60. The Labute approximate surface area is 164 Å². The average Bonchev–Trinajstić information content (AvgIpc) is 3.23. The second-order valence-corrected chi connectivity index (χ2v) is 6.60. The third-order valence-corrected chi connectivity index (χ3v) is 4.34. The molecule has 0 saturated heterocycles. The minimum atomic E-state index is -0.417. The molecule has 0 aromatic heterocycles. The summed E-state index contributed by atoms with van der Waals surface area (Å²) in [6.45, 7) is 0.299. The van der Waals surface area contributed by atoms with Crippen molar-refractivity contribution in [3.05, 3.63) is 72.3 Å². The van der Waals surface area contributed by atoms with Crippen molar-refractivity contribution in [2.45, 2.75) is 25.9 Å². The molecule has 146 valence electrons. The lowest BCUT2D eigenvalue weighted by Gasteiger charge is -2.11. The summed E-state index contributed by atoms with van der Waals surface area (Å²) in [5.74, 6) is 0.902. The van der Waals surface area contributed by atoms with Crippen molar-refractivity contribution in [1.29, 1.82) is 0 Å². The predicted octanol–water partition coefficient (Wildman–Crippen LogP) is 3.15. The summed E-state index contributed by atoms with van der Waals surface area (Å²) in [7, 11) is 0. The van der Waals surface area contributed by atoms with Crippen molar-refractivity contribution in [1.82, 2.24) is 10.9 Å². The van der Waals surface area contributed by atoms with Crippen LogP contribution in [0.25, 0.3) is 0 Å². The molecule has 2 aromatic rings. The number of rotatable bonds is 8. The smallest absolute Gasteiger partial charge is 0.276 e. The van der Waals surface area contributed by atoms with Crippen molar-refractivity contribution >= 4 is 11.8 Å². The van der Waals surface area contributed by atoms with E-state index < -0.39 is 5.91 Å². The number of ether oxygens (including phenoxy) is 2. The number of allylic oxidation sites excluding steroid dienone is 2. The van der Waals surface area contributed by atoms with Crippen LogP contribution in [0, 0.1) is 5.92 Å². The normalized spacial score (nSPS) is 15.1. The molecule has 1 aliphatic carbocycles. The molecule has 0 heterocycles. The molecule has 0 aliphatic heterocycles. The standard InChI is InChI=1S/C22H24N2O4/c25-21(14-17-6-4-5-7-17)23-24-22(26)16-28-20-12-10-19(11-13-20)27-15-18-8-2-1-3-9-18/h1-4,6,8-13,17H,5,7,14-16H2,(H,23,25)(H,24,26). The SMILES string of the molecule is O=C(COc1ccc(OCc2ccccc2)cc1)NNC(=O)CC1C=CCC1. The maximum atomic E-state index is 11.8. The van der Waals surface area contributed by atoms with Gasteiger partial charge < -0.3 is 9.47 Å². The van der Waals surface area contributed by atoms with Gasteiger partial charge in [-0.05, 0) is 48.6 Å². The van der Waals surface area contributed by atoms with Crippen molar-refractivity contribution in [2.24, 2.45) is 5.92 Å². The lowest BCUT2D eigenvalue weighted by Crippen LogP contribution is -2.44. The van der Waals surface area contributed by atoms with E-state index in [1.165, 1.54) is 0 Å². The van der Waals surface area contributed by atoms with Crippen LogP contribution in [0.15, 0.2) is 66.7 Å². The highest BCUT2D eigenvalue weighted by Gasteiger charge is 2.14. The second kappa shape index (κ2) is 10.2. The van der Waals surface area contributed by atoms with E-state index in [1.54, 1.807) is 24.3 Å². The highest BCUT2D eigenvalue weighted by molar-refractivity contribution is 5.82. The Bertz CT molecular complexity index is 803. The van der Waals surface area contributed by atoms with Gasteiger partial charge in [0.05, 0.1) is 0 Å². The fourth-order valence-electron chi connectivity index (χ4n) is 2.85. The summed E-state index contributed by atoms with van der Waals surface area (Å²) < 4.78 is 11.1. The quantitative estimate of drug-likeness (QED) is 0.545. The molecule has 1 atom stereocenters. The van der Waals surface area contributed by atoms with Crippen molar-refractivity contribution in [3.8, 4) is 11.5 Å². The zero-order chi connectivity index (χ0) is 19.6. The van der Waals surface area contributed by atoms with Gasteiger partial charge in [-0.3, -0.25) is 20.4 Å². The molecule has 0 radical (unpaired) electrons. The predicted molar refractivity (Wildman–Crippen MR) is 105 cm³/mol. The molecule has 0 fully saturated rings. The van der Waals surface area contributed by atoms with Crippen LogP contribution < -0.4 is 20.3 Å². The minimum Gasteiger partial charge on any atom is -0.489 e. The van der Waals surface area contributed by atoms with Gasteiger partial charge in [0, 0.05) is 6.42 Å². The zero-order valence-electron chi connectivity index (χ0n) is 15.6. The molecule has 1 aliphatic rings. The van der Waals surface area contributed by atoms with Crippen molar-refractivity contribution in [3.63, 3.8) is 0 Å². The third kappa shape index (κ3) is 6.46. The zero-order valence-corrected chi connectivity index (χ0v) is 15.6. The first-order chi connectivity index (χ1) is 13.7. The Hall–Kier alpha value is -3.28. The largest absolute Gasteiger partial charge is 0.489 e. The Morgan fingerprint density at radius 1 is 0.893 bits per heavy atom. The molecular weight excluding hydrogens is 356 g/mol. The van der Waals surface area contributed by atoms with Crippen molar-refractivity contribution < 1.29 is 19.1 Å². The molecule has 3 rings (SSSR count). The minimum absolute atomic E-state index is 0.187. The lowest BCUT2D eigenvalue weighted by atomic mass is 10.1. The van der Waals surface area contributed by atoms with Crippen LogP contribution in [-0.4, -0.2) is 18.4 Å². The van der Waals surface area contributed by atoms with Gasteiger partial charge in [-0.1, -0.05) is 42.5 Å². The first-order valence-corrected chi connectivity index (χ1v) is 9.33. The van der Waals surface area contributed by atoms with Gasteiger partial charge in [0.25, 0.3) is 5.91 Å². The first kappa shape index (κ1) is 19.5. The molecule has 2 aromatic carbocycles. The van der Waals surface area contributed by atoms with Gasteiger partial charge in [-0.15, -0.1) is 0 Å². The van der Waals surface area contributed by atoms with Gasteiger partial charge in [0.1, 0.15) is 18.1 Å². The topological polar surface area (TPSA) is 76.7 Å². The summed E-state index contributed by atoms with van der Waals surface area (Å²) in [5.41, 5.74) is 5.87. The highest BCUT2D eigenvalue weighted by Crippen LogP contribution is 2.20. The molecule has 0 spiro atoms. The van der Waals surface area contributed by atoms with Crippen LogP contribution in [0.5, 0.6) is 11.5 Å². The number of hydrogen-bond donors (Lipinski definition) is 2. The number of benzene rings is 2. The van der Waals surface area contributed by atoms with E-state index in [1.807, 2.05) is 36.4 Å². The number of amides is 2. The molecule has 28 heavy (non-hydrogen) atoms. The number of carbonyl (C=O) groups is 2. The highest BCUT2D eigenvalue weighted by atomic mass is 16.5. The number of hydrogen-bond acceptors (Lipinski definition) is 4. The van der Waals surface area contributed by atoms with Crippen molar-refractivity contribution in [2.75, 3.05) is 6.61 Å². The Morgan fingerprint density at radius 2 is 1.57 bits per heavy atom. The maximum absolute atomic E-state index is 11.8. The molecule has 1 unspecified atom stereocenters. The summed E-state index contributed by atoms with van der Waals surface area (Å²) in [6, 6.07) is 16.9. The molecule has 2 N–H and O–H groups in total. The molecule has 6 nitrogen and oxygen atoms in total. The molecular formula is C22H24N2O4. The Kier molecular flexibility index (Phi) is 7.07. The van der Waals surface area contributed by atoms with Crippen LogP contribution in [-0.2, 0) is 16.2 Å². The number of hydrazine groups is 1. The van der Waals surface area contributed by atoms with Crippen LogP contribution in [0.1, 0.15) is 24.8 Å². The lowest BCUT2D eigenvalue weighted by molar-refractivity contribution is -0.130. The summed E-state index contributed by atoms with van der Waals surface area (Å²) in [4.78, 5) is 23.6. The van der Waals surface area contributed by atoms with Crippen LogP contribution in [0.4, 0.5) is 0 Å². The molecule has 0 bridgehead atoms. The van der Waals surface area contributed by atoms with E-state index in [4.69, 9.17) is 9.47 Å². The van der Waals surface area contributed by atoms with E-state index >= 15 is 0 Å². The van der Waals surface area contributed by atoms with Gasteiger partial charge >= 0.3 is 0 Å². The number of nitrogens with one attached hydrogen (secondary N) is 2. The van der Waals surface area contributed by atoms with Gasteiger partial charge in [0.15, 0.2) is 6.61 Å². The third-order valence-electron chi connectivity index (χ3n) is 4.34. The maximum Gasteiger partial charge on any atom is 0.276 e. The van der Waals surface area contributed by atoms with E-state index in [-0.39, 0.29) is 18.4 Å².